The third-order valence-electron chi connectivity index (χ3n) is 3.52. The van der Waals surface area contributed by atoms with Gasteiger partial charge in [-0.05, 0) is 23.8 Å². The van der Waals surface area contributed by atoms with Gasteiger partial charge in [-0.2, -0.15) is 0 Å². The number of nitrogens with one attached hydrogen (secondary N) is 1. The first-order chi connectivity index (χ1) is 11.9. The number of quaternary nitrogens is 1. The number of carbonyl (C=O) groups excluding carboxylic acids is 2. The Morgan fingerprint density at radius 2 is 1.92 bits per heavy atom. The molecular formula is C17H21N4O4+. The number of hydroxylamine groups is 1. The molecule has 2 rings (SSSR count). The standard InChI is InChI=1S/C17H20N4O4/c1-21(2)17(23)14(18)9-11-3-6-13(7-4-11)25-15-8-5-12(10-19-15)16(22)20-24/h3-8,10,14,24H,9,18H2,1-2H3,(H,20,22)/p+1/t14-/m0/s1. The van der Waals surface area contributed by atoms with Gasteiger partial charge in [0.05, 0.1) is 5.56 Å². The predicted octanol–water partition coefficient (Wildman–Crippen LogP) is 0.234. The van der Waals surface area contributed by atoms with Gasteiger partial charge < -0.3 is 15.4 Å². The highest BCUT2D eigenvalue weighted by molar-refractivity contribution is 5.92. The molecule has 0 saturated carbocycles. The van der Waals surface area contributed by atoms with E-state index < -0.39 is 5.91 Å². The quantitative estimate of drug-likeness (QED) is 0.511. The second-order valence-corrected chi connectivity index (χ2v) is 5.71. The van der Waals surface area contributed by atoms with Gasteiger partial charge in [-0.1, -0.05) is 12.1 Å². The van der Waals surface area contributed by atoms with E-state index in [1.807, 2.05) is 12.1 Å². The summed E-state index contributed by atoms with van der Waals surface area (Å²) in [5.74, 6) is 0.241. The first-order valence-corrected chi connectivity index (χ1v) is 7.62. The van der Waals surface area contributed by atoms with Crippen molar-refractivity contribution in [2.45, 2.75) is 12.5 Å². The minimum absolute atomic E-state index is 0.0171. The number of ether oxygens (including phenoxy) is 1. The third kappa shape index (κ3) is 5.00. The highest BCUT2D eigenvalue weighted by atomic mass is 16.5. The Hall–Kier alpha value is -2.97. The fourth-order valence-corrected chi connectivity index (χ4v) is 2.19. The van der Waals surface area contributed by atoms with Crippen molar-refractivity contribution in [1.82, 2.24) is 15.4 Å². The average Bonchev–Trinajstić information content (AvgIpc) is 2.62. The number of aromatic nitrogens is 1. The van der Waals surface area contributed by atoms with Crippen molar-refractivity contribution in [3.8, 4) is 11.6 Å². The zero-order chi connectivity index (χ0) is 18.4. The summed E-state index contributed by atoms with van der Waals surface area (Å²) in [6.07, 6.45) is 1.84. The van der Waals surface area contributed by atoms with Crippen LogP contribution in [0.3, 0.4) is 0 Å². The molecule has 0 unspecified atom stereocenters. The van der Waals surface area contributed by atoms with Crippen molar-refractivity contribution in [2.75, 3.05) is 14.1 Å². The van der Waals surface area contributed by atoms with E-state index in [9.17, 15) is 9.59 Å². The van der Waals surface area contributed by atoms with Crippen molar-refractivity contribution in [3.05, 3.63) is 53.7 Å². The lowest BCUT2D eigenvalue weighted by molar-refractivity contribution is -0.404. The molecule has 8 nitrogen and oxygen atoms in total. The maximum Gasteiger partial charge on any atom is 0.280 e. The number of hydrogen-bond donors (Lipinski definition) is 3. The maximum atomic E-state index is 11.8. The minimum atomic E-state index is -0.640. The molecule has 0 saturated heterocycles. The summed E-state index contributed by atoms with van der Waals surface area (Å²) in [7, 11) is 3.42. The number of benzene rings is 1. The molecule has 1 atom stereocenters. The molecule has 0 aliphatic heterocycles. The van der Waals surface area contributed by atoms with Gasteiger partial charge in [0, 0.05) is 32.8 Å². The molecule has 0 spiro atoms. The smallest absolute Gasteiger partial charge is 0.280 e. The summed E-state index contributed by atoms with van der Waals surface area (Å²) in [6.45, 7) is 0. The molecule has 1 heterocycles. The third-order valence-corrected chi connectivity index (χ3v) is 3.52. The maximum absolute atomic E-state index is 11.8. The number of hydrogen-bond acceptors (Lipinski definition) is 5. The van der Waals surface area contributed by atoms with Crippen LogP contribution in [0.5, 0.6) is 11.6 Å². The lowest BCUT2D eigenvalue weighted by Gasteiger charge is -2.14. The molecular weight excluding hydrogens is 324 g/mol. The van der Waals surface area contributed by atoms with E-state index in [0.717, 1.165) is 5.56 Å². The first kappa shape index (κ1) is 18.4. The van der Waals surface area contributed by atoms with E-state index in [0.29, 0.717) is 18.1 Å². The van der Waals surface area contributed by atoms with E-state index >= 15 is 0 Å². The van der Waals surface area contributed by atoms with E-state index in [1.54, 1.807) is 26.2 Å². The highest BCUT2D eigenvalue weighted by Gasteiger charge is 2.19. The molecule has 5 N–H and O–H groups in total. The molecule has 0 bridgehead atoms. The first-order valence-electron chi connectivity index (χ1n) is 7.62. The van der Waals surface area contributed by atoms with Gasteiger partial charge in [-0.25, -0.2) is 10.5 Å². The van der Waals surface area contributed by atoms with Gasteiger partial charge in [0.1, 0.15) is 5.75 Å². The van der Waals surface area contributed by atoms with Crippen LogP contribution in [0.1, 0.15) is 15.9 Å². The number of likely N-dealkylation sites (N-methyl/N-ethyl adjacent to an activating group) is 1. The monoisotopic (exact) mass is 345 g/mol. The molecule has 0 aliphatic rings. The number of rotatable bonds is 6. The Morgan fingerprint density at radius 3 is 2.44 bits per heavy atom. The van der Waals surface area contributed by atoms with E-state index in [1.165, 1.54) is 28.7 Å². The summed E-state index contributed by atoms with van der Waals surface area (Å²) in [5, 5.41) is 8.56. The van der Waals surface area contributed by atoms with Crippen LogP contribution in [0.2, 0.25) is 0 Å². The second kappa shape index (κ2) is 8.22. The van der Waals surface area contributed by atoms with Gasteiger partial charge in [0.2, 0.25) is 5.88 Å². The van der Waals surface area contributed by atoms with Gasteiger partial charge in [-0.3, -0.25) is 14.8 Å². The highest BCUT2D eigenvalue weighted by Crippen LogP contribution is 2.20. The predicted molar refractivity (Wildman–Crippen MR) is 89.1 cm³/mol. The Kier molecular flexibility index (Phi) is 6.04. The fourth-order valence-electron chi connectivity index (χ4n) is 2.19. The number of nitrogens with zero attached hydrogens (tertiary/aromatic N) is 2. The summed E-state index contributed by atoms with van der Waals surface area (Å²) in [5.41, 5.74) is 6.62. The topological polar surface area (TPSA) is 119 Å². The second-order valence-electron chi connectivity index (χ2n) is 5.71. The van der Waals surface area contributed by atoms with Crippen LogP contribution >= 0.6 is 0 Å². The van der Waals surface area contributed by atoms with Gasteiger partial charge in [0.25, 0.3) is 11.8 Å². The van der Waals surface area contributed by atoms with Crippen molar-refractivity contribution >= 4 is 11.8 Å². The van der Waals surface area contributed by atoms with E-state index in [4.69, 9.17) is 9.94 Å². The zero-order valence-corrected chi connectivity index (χ0v) is 14.1. The molecule has 8 heteroatoms. The van der Waals surface area contributed by atoms with Gasteiger partial charge >= 0.3 is 0 Å². The van der Waals surface area contributed by atoms with Crippen molar-refractivity contribution in [1.29, 1.82) is 0 Å². The van der Waals surface area contributed by atoms with Crippen LogP contribution in [0.25, 0.3) is 0 Å². The van der Waals surface area contributed by atoms with Crippen molar-refractivity contribution in [2.24, 2.45) is 0 Å². The largest absolute Gasteiger partial charge is 0.439 e. The molecule has 0 fully saturated rings. The Morgan fingerprint density at radius 1 is 1.24 bits per heavy atom. The van der Waals surface area contributed by atoms with Crippen LogP contribution in [-0.2, 0) is 11.2 Å². The molecule has 2 aromatic rings. The summed E-state index contributed by atoms with van der Waals surface area (Å²) in [4.78, 5) is 28.6. The summed E-state index contributed by atoms with van der Waals surface area (Å²) in [6, 6.07) is 9.96. The zero-order valence-electron chi connectivity index (χ0n) is 14.1. The molecule has 1 aromatic carbocycles. The molecule has 0 radical (unpaired) electrons. The van der Waals surface area contributed by atoms with Gasteiger partial charge in [-0.15, -0.1) is 0 Å². The summed E-state index contributed by atoms with van der Waals surface area (Å²) < 4.78 is 5.60. The van der Waals surface area contributed by atoms with Crippen LogP contribution in [0, 0.1) is 0 Å². The summed E-state index contributed by atoms with van der Waals surface area (Å²) >= 11 is 0. The van der Waals surface area contributed by atoms with Crippen LogP contribution in [0.15, 0.2) is 42.6 Å². The fraction of sp³-hybridized carbons (Fsp3) is 0.235. The van der Waals surface area contributed by atoms with E-state index in [2.05, 4.69) is 10.7 Å². The average molecular weight is 345 g/mol. The number of amides is 2. The minimum Gasteiger partial charge on any atom is -0.439 e. The SMILES string of the molecule is CN(C)C(=O)[C@@H]([NH3+])Cc1ccc(Oc2ccc(C(=O)NO)cn2)cc1. The molecule has 132 valence electrons. The van der Waals surface area contributed by atoms with Crippen LogP contribution in [0.4, 0.5) is 0 Å². The number of pyridine rings is 1. The molecule has 1 aromatic heterocycles. The van der Waals surface area contributed by atoms with Crippen LogP contribution in [-0.4, -0.2) is 47.0 Å². The van der Waals surface area contributed by atoms with Crippen molar-refractivity contribution in [3.63, 3.8) is 0 Å². The molecule has 0 aliphatic carbocycles. The Labute approximate surface area is 145 Å². The molecule has 25 heavy (non-hydrogen) atoms. The van der Waals surface area contributed by atoms with Crippen molar-refractivity contribution < 1.29 is 25.3 Å². The molecule has 2 amide bonds. The van der Waals surface area contributed by atoms with Gasteiger partial charge in [0.15, 0.2) is 6.04 Å². The van der Waals surface area contributed by atoms with E-state index in [-0.39, 0.29) is 17.5 Å². The van der Waals surface area contributed by atoms with Crippen LogP contribution < -0.4 is 16.0 Å². The lowest BCUT2D eigenvalue weighted by Crippen LogP contribution is -2.68. The normalized spacial score (nSPS) is 11.5. The Balaban J connectivity index is 1.98. The Bertz CT molecular complexity index is 729. The number of carbonyl (C=O) groups is 2. The lowest BCUT2D eigenvalue weighted by atomic mass is 10.1.